The van der Waals surface area contributed by atoms with E-state index in [2.05, 4.69) is 12.1 Å². The molecule has 0 amide bonds. The Morgan fingerprint density at radius 3 is 2.92 bits per heavy atom. The van der Waals surface area contributed by atoms with Crippen molar-refractivity contribution < 1.29 is 25.0 Å². The van der Waals surface area contributed by atoms with Gasteiger partial charge in [-0.2, -0.15) is 0 Å². The van der Waals surface area contributed by atoms with Gasteiger partial charge in [-0.05, 0) is 25.2 Å². The predicted octanol–water partition coefficient (Wildman–Crippen LogP) is 2.35. The first-order valence-electron chi connectivity index (χ1n) is 8.97. The Labute approximate surface area is 143 Å². The molecule has 0 radical (unpaired) electrons. The molecule has 0 heterocycles. The zero-order chi connectivity index (χ0) is 17.5. The van der Waals surface area contributed by atoms with Crippen molar-refractivity contribution in [2.75, 3.05) is 6.61 Å². The maximum atomic E-state index is 10.4. The number of rotatable bonds is 10. The number of carboxylic acid groups (broad SMARTS) is 1. The molecule has 0 spiro atoms. The zero-order valence-electron chi connectivity index (χ0n) is 14.3. The van der Waals surface area contributed by atoms with Crippen LogP contribution >= 0.6 is 0 Å². The lowest BCUT2D eigenvalue weighted by Crippen LogP contribution is -2.38. The number of hydrogen-bond donors (Lipinski definition) is 3. The van der Waals surface area contributed by atoms with E-state index in [1.165, 1.54) is 12.8 Å². The molecule has 5 atom stereocenters. The van der Waals surface area contributed by atoms with E-state index in [1.807, 2.05) is 12.2 Å². The van der Waals surface area contributed by atoms with Crippen LogP contribution in [0.15, 0.2) is 17.3 Å². The first-order valence-corrected chi connectivity index (χ1v) is 8.97. The molecule has 136 valence electrons. The molecule has 2 fully saturated rings. The second-order valence-corrected chi connectivity index (χ2v) is 6.92. The van der Waals surface area contributed by atoms with Crippen LogP contribution in [-0.4, -0.2) is 45.8 Å². The van der Waals surface area contributed by atoms with Gasteiger partial charge in [-0.1, -0.05) is 49.9 Å². The molecule has 3 N–H and O–H groups in total. The molecule has 2 aliphatic rings. The fourth-order valence-corrected chi connectivity index (χ4v) is 3.66. The van der Waals surface area contributed by atoms with Crippen LogP contribution in [0.3, 0.4) is 0 Å². The average Bonchev–Trinajstić information content (AvgIpc) is 2.77. The van der Waals surface area contributed by atoms with Crippen molar-refractivity contribution in [1.29, 1.82) is 0 Å². The van der Waals surface area contributed by atoms with Crippen LogP contribution in [0.2, 0.25) is 0 Å². The second-order valence-electron chi connectivity index (χ2n) is 6.92. The van der Waals surface area contributed by atoms with Gasteiger partial charge in [-0.25, -0.2) is 4.79 Å². The lowest BCUT2D eigenvalue weighted by Gasteiger charge is -2.33. The largest absolute Gasteiger partial charge is 0.479 e. The van der Waals surface area contributed by atoms with E-state index < -0.39 is 24.8 Å². The van der Waals surface area contributed by atoms with Gasteiger partial charge in [0.15, 0.2) is 0 Å². The number of unbranched alkanes of at least 4 members (excludes halogenated alkanes) is 3. The lowest BCUT2D eigenvalue weighted by molar-refractivity contribution is -0.142. The Balaban J connectivity index is 1.75. The third-order valence-electron chi connectivity index (χ3n) is 5.10. The molecule has 24 heavy (non-hydrogen) atoms. The van der Waals surface area contributed by atoms with E-state index in [0.717, 1.165) is 31.4 Å². The minimum absolute atomic E-state index is 0.0254. The van der Waals surface area contributed by atoms with Crippen molar-refractivity contribution in [3.05, 3.63) is 12.2 Å². The maximum absolute atomic E-state index is 10.4. The first kappa shape index (κ1) is 18.9. The number of fused-ring (bicyclic) bond motifs is 1. The molecule has 2 rings (SSSR count). The number of oxime groups is 1. The molecule has 2 aliphatic carbocycles. The third kappa shape index (κ3) is 5.05. The monoisotopic (exact) mass is 339 g/mol. The summed E-state index contributed by atoms with van der Waals surface area (Å²) in [6.45, 7) is 1.73. The highest BCUT2D eigenvalue weighted by Crippen LogP contribution is 2.48. The summed E-state index contributed by atoms with van der Waals surface area (Å²) in [4.78, 5) is 15.2. The smallest absolute Gasteiger partial charge is 0.344 e. The quantitative estimate of drug-likeness (QED) is 0.322. The van der Waals surface area contributed by atoms with Crippen molar-refractivity contribution in [3.63, 3.8) is 0 Å². The highest BCUT2D eigenvalue weighted by molar-refractivity contribution is 5.93. The molecule has 0 aromatic carbocycles. The van der Waals surface area contributed by atoms with Crippen LogP contribution in [0.25, 0.3) is 0 Å². The van der Waals surface area contributed by atoms with Gasteiger partial charge in [0, 0.05) is 11.8 Å². The van der Waals surface area contributed by atoms with Crippen LogP contribution in [0.4, 0.5) is 0 Å². The van der Waals surface area contributed by atoms with Gasteiger partial charge >= 0.3 is 5.97 Å². The Morgan fingerprint density at radius 1 is 1.42 bits per heavy atom. The van der Waals surface area contributed by atoms with Gasteiger partial charge in [-0.15, -0.1) is 0 Å². The van der Waals surface area contributed by atoms with Gasteiger partial charge in [0.2, 0.25) is 6.61 Å². The Hall–Kier alpha value is -1.40. The van der Waals surface area contributed by atoms with Crippen LogP contribution in [0.1, 0.15) is 51.9 Å². The molecule has 3 unspecified atom stereocenters. The SMILES string of the molecule is CCCCCCC(O)C=CC1C[C@@H]2C(=NOCC(=O)O)C[C@H]2C1O. The standard InChI is InChI=1S/C18H29NO5/c1-2-3-4-5-6-13(20)8-7-12-9-14-15(18(12)23)10-16(14)19-24-11-17(21)22/h7-8,12-15,18,20,23H,2-6,9-11H2,1H3,(H,21,22)/t12?,13?,14-,15+,18?/m0/s1. The van der Waals surface area contributed by atoms with Crippen molar-refractivity contribution in [3.8, 4) is 0 Å². The number of hydrogen-bond acceptors (Lipinski definition) is 5. The molecule has 6 heteroatoms. The zero-order valence-corrected chi connectivity index (χ0v) is 14.3. The van der Waals surface area contributed by atoms with Crippen molar-refractivity contribution in [2.45, 2.75) is 64.1 Å². The van der Waals surface area contributed by atoms with Gasteiger partial charge in [0.05, 0.1) is 17.9 Å². The number of nitrogens with zero attached hydrogens (tertiary/aromatic N) is 1. The van der Waals surface area contributed by atoms with Gasteiger partial charge in [0.25, 0.3) is 0 Å². The van der Waals surface area contributed by atoms with Crippen LogP contribution in [-0.2, 0) is 9.63 Å². The van der Waals surface area contributed by atoms with Crippen molar-refractivity contribution in [1.82, 2.24) is 0 Å². The minimum Gasteiger partial charge on any atom is -0.479 e. The van der Waals surface area contributed by atoms with Crippen LogP contribution in [0.5, 0.6) is 0 Å². The Morgan fingerprint density at radius 2 is 2.21 bits per heavy atom. The second kappa shape index (κ2) is 9.18. The van der Waals surface area contributed by atoms with Crippen molar-refractivity contribution >= 4 is 11.7 Å². The Bertz CT molecular complexity index is 476. The molecule has 2 saturated carbocycles. The number of aliphatic hydroxyl groups excluding tert-OH is 2. The Kier molecular flexibility index (Phi) is 7.24. The van der Waals surface area contributed by atoms with Gasteiger partial charge in [-0.3, -0.25) is 0 Å². The lowest BCUT2D eigenvalue weighted by atomic mass is 9.73. The summed E-state index contributed by atoms with van der Waals surface area (Å²) in [6, 6.07) is 0. The minimum atomic E-state index is -1.05. The van der Waals surface area contributed by atoms with Gasteiger partial charge in [0.1, 0.15) is 0 Å². The van der Waals surface area contributed by atoms with Crippen molar-refractivity contribution in [2.24, 2.45) is 22.9 Å². The molecule has 0 saturated heterocycles. The maximum Gasteiger partial charge on any atom is 0.344 e. The van der Waals surface area contributed by atoms with E-state index in [4.69, 9.17) is 9.94 Å². The average molecular weight is 339 g/mol. The van der Waals surface area contributed by atoms with Gasteiger partial charge < -0.3 is 20.2 Å². The fourth-order valence-electron chi connectivity index (χ4n) is 3.66. The summed E-state index contributed by atoms with van der Waals surface area (Å²) in [5, 5.41) is 32.8. The number of carbonyl (C=O) groups is 1. The molecule has 0 aromatic heterocycles. The van der Waals surface area contributed by atoms with Crippen LogP contribution < -0.4 is 0 Å². The summed E-state index contributed by atoms with van der Waals surface area (Å²) >= 11 is 0. The van der Waals surface area contributed by atoms with E-state index in [0.29, 0.717) is 6.42 Å². The molecule has 0 bridgehead atoms. The highest BCUT2D eigenvalue weighted by atomic mass is 16.6. The summed E-state index contributed by atoms with van der Waals surface area (Å²) in [7, 11) is 0. The topological polar surface area (TPSA) is 99.4 Å². The summed E-state index contributed by atoms with van der Waals surface area (Å²) in [6.07, 6.45) is 9.64. The summed E-state index contributed by atoms with van der Waals surface area (Å²) in [5.74, 6) is -0.674. The molecule has 6 nitrogen and oxygen atoms in total. The van der Waals surface area contributed by atoms with E-state index in [-0.39, 0.29) is 17.8 Å². The normalized spacial score (nSPS) is 31.9. The predicted molar refractivity (Wildman–Crippen MR) is 90.6 cm³/mol. The van der Waals surface area contributed by atoms with E-state index in [9.17, 15) is 15.0 Å². The third-order valence-corrected chi connectivity index (χ3v) is 5.10. The summed E-state index contributed by atoms with van der Waals surface area (Å²) in [5.41, 5.74) is 0.844. The first-order chi connectivity index (χ1) is 11.5. The van der Waals surface area contributed by atoms with E-state index in [1.54, 1.807) is 0 Å². The fraction of sp³-hybridized carbons (Fsp3) is 0.778. The number of aliphatic hydroxyl groups is 2. The molecule has 0 aromatic rings. The summed E-state index contributed by atoms with van der Waals surface area (Å²) < 4.78 is 0. The van der Waals surface area contributed by atoms with E-state index >= 15 is 0 Å². The highest BCUT2D eigenvalue weighted by Gasteiger charge is 2.51. The molecule has 0 aliphatic heterocycles. The molecular formula is C18H29NO5. The molecular weight excluding hydrogens is 310 g/mol. The number of carboxylic acids is 1. The number of aliphatic carboxylic acids is 1. The van der Waals surface area contributed by atoms with Crippen LogP contribution in [0, 0.1) is 17.8 Å².